The highest BCUT2D eigenvalue weighted by Crippen LogP contribution is 2.63. The van der Waals surface area contributed by atoms with Gasteiger partial charge in [-0.25, -0.2) is 0 Å². The van der Waals surface area contributed by atoms with Crippen molar-refractivity contribution in [3.63, 3.8) is 0 Å². The van der Waals surface area contributed by atoms with Crippen LogP contribution in [-0.4, -0.2) is 31.5 Å². The second-order valence-electron chi connectivity index (χ2n) is 14.6. The Morgan fingerprint density at radius 3 is 2.24 bits per heavy atom. The van der Waals surface area contributed by atoms with Crippen LogP contribution in [0.15, 0.2) is 18.3 Å². The van der Waals surface area contributed by atoms with Crippen molar-refractivity contribution in [2.45, 2.75) is 121 Å². The average molecular weight is 589 g/mol. The molecule has 2 atom stereocenters. The lowest BCUT2D eigenvalue weighted by Gasteiger charge is -2.44. The summed E-state index contributed by atoms with van der Waals surface area (Å²) >= 11 is 0. The molecule has 4 aliphatic rings. The highest BCUT2D eigenvalue weighted by Gasteiger charge is 2.56. The van der Waals surface area contributed by atoms with Gasteiger partial charge in [0, 0.05) is 60.3 Å². The minimum atomic E-state index is -4.49. The summed E-state index contributed by atoms with van der Waals surface area (Å²) in [5, 5.41) is 0.0527. The summed E-state index contributed by atoms with van der Waals surface area (Å²) in [6, 6.07) is 2.59. The molecule has 0 radical (unpaired) electrons. The summed E-state index contributed by atoms with van der Waals surface area (Å²) in [6.45, 7) is 16.9. The van der Waals surface area contributed by atoms with Crippen molar-refractivity contribution in [3.05, 3.63) is 57.7 Å². The standard InChI is InChI=1S/C32H43F3N2O3Si/c1-19(2)27-25-26(24-21(37-27)16-30(10-11-30)17-22(24)40-41(6,7)29(3,4)5)31(12-14-38-15-13-31)39-28(25)20-8-9-23(36-18-20)32(33,34)35/h8-9,18-19,22,28H,10-17H2,1-7H3/t22?,28-/m1/s1. The van der Waals surface area contributed by atoms with Gasteiger partial charge in [0.2, 0.25) is 0 Å². The van der Waals surface area contributed by atoms with Crippen LogP contribution in [0, 0.1) is 5.41 Å². The first-order valence-corrected chi connectivity index (χ1v) is 18.0. The van der Waals surface area contributed by atoms with E-state index in [4.69, 9.17) is 18.9 Å². The molecule has 0 aromatic carbocycles. The van der Waals surface area contributed by atoms with Crippen LogP contribution in [0.1, 0.15) is 124 Å². The number of fused-ring (bicyclic) bond motifs is 4. The predicted octanol–water partition coefficient (Wildman–Crippen LogP) is 8.53. The van der Waals surface area contributed by atoms with Gasteiger partial charge in [0.1, 0.15) is 11.8 Å². The Morgan fingerprint density at radius 2 is 1.71 bits per heavy atom. The number of alkyl halides is 3. The second-order valence-corrected chi connectivity index (χ2v) is 19.4. The summed E-state index contributed by atoms with van der Waals surface area (Å²) in [6.07, 6.45) is 1.95. The van der Waals surface area contributed by atoms with Crippen molar-refractivity contribution in [2.24, 2.45) is 5.41 Å². The van der Waals surface area contributed by atoms with Gasteiger partial charge in [-0.15, -0.1) is 0 Å². The van der Waals surface area contributed by atoms with Crippen LogP contribution in [0.5, 0.6) is 0 Å². The van der Waals surface area contributed by atoms with Crippen LogP contribution in [0.2, 0.25) is 18.1 Å². The molecular weight excluding hydrogens is 545 g/mol. The molecule has 4 heterocycles. The minimum absolute atomic E-state index is 0.0527. The molecule has 0 amide bonds. The molecule has 224 valence electrons. The van der Waals surface area contributed by atoms with Crippen LogP contribution >= 0.6 is 0 Å². The zero-order valence-corrected chi connectivity index (χ0v) is 26.4. The molecule has 2 spiro atoms. The molecule has 2 fully saturated rings. The molecule has 1 saturated carbocycles. The normalized spacial score (nSPS) is 25.0. The van der Waals surface area contributed by atoms with Gasteiger partial charge < -0.3 is 13.9 Å². The summed E-state index contributed by atoms with van der Waals surface area (Å²) < 4.78 is 60.3. The van der Waals surface area contributed by atoms with Gasteiger partial charge >= 0.3 is 6.18 Å². The molecule has 2 aromatic rings. The van der Waals surface area contributed by atoms with E-state index in [0.29, 0.717) is 31.6 Å². The first kappa shape index (κ1) is 29.3. The number of aromatic nitrogens is 2. The molecule has 41 heavy (non-hydrogen) atoms. The molecular formula is C32H43F3N2O3Si. The van der Waals surface area contributed by atoms with E-state index in [-0.39, 0.29) is 22.5 Å². The van der Waals surface area contributed by atoms with E-state index < -0.39 is 31.9 Å². The first-order chi connectivity index (χ1) is 19.1. The van der Waals surface area contributed by atoms with Gasteiger partial charge in [-0.05, 0) is 66.8 Å². The molecule has 2 aliphatic carbocycles. The smallest absolute Gasteiger partial charge is 0.410 e. The third kappa shape index (κ3) is 4.98. The molecule has 2 aliphatic heterocycles. The molecule has 1 unspecified atom stereocenters. The number of rotatable bonds is 4. The Bertz CT molecular complexity index is 1320. The van der Waals surface area contributed by atoms with Crippen LogP contribution in [0.4, 0.5) is 13.2 Å². The lowest BCUT2D eigenvalue weighted by molar-refractivity contribution is -0.141. The Morgan fingerprint density at radius 1 is 1.02 bits per heavy atom. The van der Waals surface area contributed by atoms with E-state index in [1.165, 1.54) is 36.2 Å². The summed E-state index contributed by atoms with van der Waals surface area (Å²) in [4.78, 5) is 9.21. The fraction of sp³-hybridized carbons (Fsp3) is 0.688. The quantitative estimate of drug-likeness (QED) is 0.335. The molecule has 5 nitrogen and oxygen atoms in total. The van der Waals surface area contributed by atoms with Crippen molar-refractivity contribution < 1.29 is 27.1 Å². The molecule has 6 rings (SSSR count). The van der Waals surface area contributed by atoms with Crippen LogP contribution in [0.25, 0.3) is 0 Å². The molecule has 0 N–H and O–H groups in total. The maximum Gasteiger partial charge on any atom is 0.433 e. The monoisotopic (exact) mass is 588 g/mol. The Labute approximate surface area is 242 Å². The van der Waals surface area contributed by atoms with Crippen molar-refractivity contribution >= 4 is 8.32 Å². The molecule has 0 bridgehead atoms. The van der Waals surface area contributed by atoms with Gasteiger partial charge in [0.25, 0.3) is 0 Å². The van der Waals surface area contributed by atoms with E-state index in [0.717, 1.165) is 35.9 Å². The predicted molar refractivity (Wildman–Crippen MR) is 153 cm³/mol. The van der Waals surface area contributed by atoms with Crippen molar-refractivity contribution in [2.75, 3.05) is 13.2 Å². The van der Waals surface area contributed by atoms with Crippen molar-refractivity contribution in [3.8, 4) is 0 Å². The van der Waals surface area contributed by atoms with Crippen LogP contribution in [-0.2, 0) is 32.1 Å². The maximum absolute atomic E-state index is 13.4. The van der Waals surface area contributed by atoms with Gasteiger partial charge in [-0.2, -0.15) is 13.2 Å². The second kappa shape index (κ2) is 9.59. The van der Waals surface area contributed by atoms with Crippen LogP contribution < -0.4 is 0 Å². The van der Waals surface area contributed by atoms with Gasteiger partial charge in [-0.1, -0.05) is 40.7 Å². The van der Waals surface area contributed by atoms with E-state index in [1.54, 1.807) is 0 Å². The SMILES string of the molecule is CC(C)c1nc2c(c3c1[C@@H](c1ccc(C(F)(F)F)nc1)OC31CCOCC1)C(O[Si](C)(C)C(C)(C)C)CC1(CC1)C2. The lowest BCUT2D eigenvalue weighted by Crippen LogP contribution is -2.44. The van der Waals surface area contributed by atoms with E-state index in [9.17, 15) is 13.2 Å². The largest absolute Gasteiger partial charge is 0.433 e. The molecule has 1 saturated heterocycles. The number of ether oxygens (including phenoxy) is 2. The van der Waals surface area contributed by atoms with Gasteiger partial charge in [0.15, 0.2) is 8.32 Å². The first-order valence-electron chi connectivity index (χ1n) is 15.1. The Hall–Kier alpha value is -1.81. The number of halogens is 3. The number of nitrogens with zero attached hydrogens (tertiary/aromatic N) is 2. The fourth-order valence-corrected chi connectivity index (χ4v) is 8.12. The lowest BCUT2D eigenvalue weighted by atomic mass is 9.73. The highest BCUT2D eigenvalue weighted by molar-refractivity contribution is 6.74. The third-order valence-electron chi connectivity index (χ3n) is 10.4. The Kier molecular flexibility index (Phi) is 6.85. The zero-order chi connectivity index (χ0) is 29.6. The van der Waals surface area contributed by atoms with E-state index in [1.807, 2.05) is 0 Å². The summed E-state index contributed by atoms with van der Waals surface area (Å²) in [5.74, 6) is 0.120. The van der Waals surface area contributed by atoms with E-state index >= 15 is 0 Å². The zero-order valence-electron chi connectivity index (χ0n) is 25.4. The van der Waals surface area contributed by atoms with Gasteiger partial charge in [0.05, 0.1) is 11.7 Å². The topological polar surface area (TPSA) is 53.5 Å². The molecule has 2 aromatic heterocycles. The van der Waals surface area contributed by atoms with Crippen molar-refractivity contribution in [1.82, 2.24) is 9.97 Å². The van der Waals surface area contributed by atoms with E-state index in [2.05, 4.69) is 52.7 Å². The van der Waals surface area contributed by atoms with Crippen molar-refractivity contribution in [1.29, 1.82) is 0 Å². The van der Waals surface area contributed by atoms with Crippen LogP contribution in [0.3, 0.4) is 0 Å². The average Bonchev–Trinajstić information content (AvgIpc) is 3.55. The molecule has 9 heteroatoms. The summed E-state index contributed by atoms with van der Waals surface area (Å²) in [5.41, 5.74) is 4.90. The number of hydrogen-bond donors (Lipinski definition) is 0. The fourth-order valence-electron chi connectivity index (χ4n) is 6.85. The van der Waals surface area contributed by atoms with Gasteiger partial charge in [-0.3, -0.25) is 9.97 Å². The summed E-state index contributed by atoms with van der Waals surface area (Å²) in [7, 11) is -2.14. The Balaban J connectivity index is 1.57. The highest BCUT2D eigenvalue weighted by atomic mass is 28.4. The number of pyridine rings is 2. The third-order valence-corrected chi connectivity index (χ3v) is 14.8. The maximum atomic E-state index is 13.4. The number of hydrogen-bond acceptors (Lipinski definition) is 5. The minimum Gasteiger partial charge on any atom is -0.410 e.